The zero-order chi connectivity index (χ0) is 20.7. The molecule has 7 nitrogen and oxygen atoms in total. The standard InChI is InChI=1S/C20H16ClN3O4/c1-12(23)16(10-22)18(25)11-28-20(27)15-4-2-3-5-17(15)24-19(26)13-6-8-14(21)9-7-13/h2-9,16,23H,11H2,1H3,(H,24,26). The van der Waals surface area contributed by atoms with Crippen molar-refractivity contribution in [3.63, 3.8) is 0 Å². The van der Waals surface area contributed by atoms with Gasteiger partial charge in [0.15, 0.2) is 12.4 Å². The third-order valence-electron chi connectivity index (χ3n) is 3.73. The predicted molar refractivity (Wildman–Crippen MR) is 104 cm³/mol. The Balaban J connectivity index is 2.10. The number of rotatable bonds is 7. The third-order valence-corrected chi connectivity index (χ3v) is 3.98. The number of carbonyl (C=O) groups excluding carboxylic acids is 3. The summed E-state index contributed by atoms with van der Waals surface area (Å²) in [5.41, 5.74) is 0.484. The van der Waals surface area contributed by atoms with E-state index in [1.165, 1.54) is 19.1 Å². The molecule has 2 aromatic carbocycles. The van der Waals surface area contributed by atoms with Crippen molar-refractivity contribution in [2.24, 2.45) is 5.92 Å². The van der Waals surface area contributed by atoms with Crippen LogP contribution in [-0.2, 0) is 9.53 Å². The smallest absolute Gasteiger partial charge is 0.340 e. The highest BCUT2D eigenvalue weighted by molar-refractivity contribution is 6.30. The molecule has 0 aromatic heterocycles. The van der Waals surface area contributed by atoms with Crippen LogP contribution in [0.4, 0.5) is 5.69 Å². The van der Waals surface area contributed by atoms with Gasteiger partial charge in [0.05, 0.1) is 17.3 Å². The van der Waals surface area contributed by atoms with Crippen molar-refractivity contribution in [1.29, 1.82) is 10.7 Å². The highest BCUT2D eigenvalue weighted by Gasteiger charge is 2.23. The summed E-state index contributed by atoms with van der Waals surface area (Å²) in [6, 6.07) is 14.1. The van der Waals surface area contributed by atoms with Gasteiger partial charge in [-0.2, -0.15) is 5.26 Å². The summed E-state index contributed by atoms with van der Waals surface area (Å²) < 4.78 is 4.96. The average molecular weight is 398 g/mol. The van der Waals surface area contributed by atoms with Crippen LogP contribution in [0.1, 0.15) is 27.6 Å². The van der Waals surface area contributed by atoms with Crippen molar-refractivity contribution < 1.29 is 19.1 Å². The number of hydrogen-bond donors (Lipinski definition) is 2. The van der Waals surface area contributed by atoms with Crippen molar-refractivity contribution in [3.8, 4) is 6.07 Å². The lowest BCUT2D eigenvalue weighted by molar-refractivity contribution is -0.122. The van der Waals surface area contributed by atoms with E-state index in [0.717, 1.165) is 0 Å². The molecule has 0 fully saturated rings. The summed E-state index contributed by atoms with van der Waals surface area (Å²) >= 11 is 5.80. The van der Waals surface area contributed by atoms with E-state index in [9.17, 15) is 14.4 Å². The lowest BCUT2D eigenvalue weighted by Crippen LogP contribution is -2.26. The number of benzene rings is 2. The topological polar surface area (TPSA) is 120 Å². The Morgan fingerprint density at radius 3 is 2.43 bits per heavy atom. The zero-order valence-electron chi connectivity index (χ0n) is 14.9. The molecule has 2 N–H and O–H groups in total. The molecule has 0 aliphatic carbocycles. The minimum Gasteiger partial charge on any atom is -0.454 e. The molecule has 28 heavy (non-hydrogen) atoms. The second kappa shape index (κ2) is 9.44. The van der Waals surface area contributed by atoms with Crippen LogP contribution in [0.15, 0.2) is 48.5 Å². The molecule has 0 heterocycles. The molecule has 0 radical (unpaired) electrons. The molecule has 142 valence electrons. The molecule has 0 spiro atoms. The monoisotopic (exact) mass is 397 g/mol. The van der Waals surface area contributed by atoms with Crippen molar-refractivity contribution >= 4 is 40.7 Å². The quantitative estimate of drug-likeness (QED) is 0.547. The van der Waals surface area contributed by atoms with E-state index in [-0.39, 0.29) is 17.0 Å². The first kappa shape index (κ1) is 20.8. The van der Waals surface area contributed by atoms with Crippen molar-refractivity contribution in [2.45, 2.75) is 6.92 Å². The van der Waals surface area contributed by atoms with Gasteiger partial charge in [-0.25, -0.2) is 4.79 Å². The third kappa shape index (κ3) is 5.25. The highest BCUT2D eigenvalue weighted by Crippen LogP contribution is 2.18. The summed E-state index contributed by atoms with van der Waals surface area (Å²) in [5.74, 6) is -3.23. The Morgan fingerprint density at radius 2 is 1.82 bits per heavy atom. The van der Waals surface area contributed by atoms with Gasteiger partial charge in [0.25, 0.3) is 5.91 Å². The summed E-state index contributed by atoms with van der Waals surface area (Å²) in [7, 11) is 0. The second-order valence-electron chi connectivity index (χ2n) is 5.79. The first-order chi connectivity index (χ1) is 13.3. The number of nitrogens with zero attached hydrogens (tertiary/aromatic N) is 1. The molecule has 8 heteroatoms. The highest BCUT2D eigenvalue weighted by atomic mass is 35.5. The SMILES string of the molecule is CC(=N)C(C#N)C(=O)COC(=O)c1ccccc1NC(=O)c1ccc(Cl)cc1. The lowest BCUT2D eigenvalue weighted by Gasteiger charge is -2.12. The van der Waals surface area contributed by atoms with Gasteiger partial charge in [-0.05, 0) is 43.3 Å². The van der Waals surface area contributed by atoms with Crippen molar-refractivity contribution in [1.82, 2.24) is 0 Å². The fourth-order valence-electron chi connectivity index (χ4n) is 2.27. The zero-order valence-corrected chi connectivity index (χ0v) is 15.6. The maximum Gasteiger partial charge on any atom is 0.340 e. The Labute approximate surface area is 166 Å². The molecule has 2 rings (SSSR count). The molecular formula is C20H16ClN3O4. The number of amides is 1. The first-order valence-electron chi connectivity index (χ1n) is 8.14. The van der Waals surface area contributed by atoms with Crippen LogP contribution in [0, 0.1) is 22.7 Å². The van der Waals surface area contributed by atoms with Crippen LogP contribution in [0.5, 0.6) is 0 Å². The Bertz CT molecular complexity index is 964. The molecule has 1 unspecified atom stereocenters. The van der Waals surface area contributed by atoms with Crippen molar-refractivity contribution in [3.05, 3.63) is 64.7 Å². The number of Topliss-reactive ketones (excluding diaryl/α,β-unsaturated/α-hetero) is 1. The number of para-hydroxylation sites is 1. The van der Waals surface area contributed by atoms with Gasteiger partial charge in [0.2, 0.25) is 0 Å². The number of nitriles is 1. The number of halogens is 1. The molecule has 1 amide bonds. The number of nitrogens with one attached hydrogen (secondary N) is 2. The van der Waals surface area contributed by atoms with E-state index < -0.39 is 30.2 Å². The average Bonchev–Trinajstić information content (AvgIpc) is 2.67. The Hall–Kier alpha value is -3.50. The van der Waals surface area contributed by atoms with E-state index in [1.807, 2.05) is 0 Å². The van der Waals surface area contributed by atoms with E-state index in [2.05, 4.69) is 5.32 Å². The normalized spacial score (nSPS) is 11.0. The number of carbonyl (C=O) groups is 3. The van der Waals surface area contributed by atoms with E-state index in [1.54, 1.807) is 42.5 Å². The van der Waals surface area contributed by atoms with Gasteiger partial charge in [-0.3, -0.25) is 9.59 Å². The summed E-state index contributed by atoms with van der Waals surface area (Å²) in [4.78, 5) is 36.6. The van der Waals surface area contributed by atoms with Gasteiger partial charge >= 0.3 is 5.97 Å². The number of ketones is 1. The van der Waals surface area contributed by atoms with Crippen LogP contribution in [0.25, 0.3) is 0 Å². The summed E-state index contributed by atoms with van der Waals surface area (Å²) in [6.45, 7) is 0.682. The fraction of sp³-hybridized carbons (Fsp3) is 0.150. The molecule has 0 aliphatic rings. The minimum atomic E-state index is -1.26. The summed E-state index contributed by atoms with van der Waals surface area (Å²) in [5, 5.41) is 19.4. The lowest BCUT2D eigenvalue weighted by atomic mass is 10.0. The van der Waals surface area contributed by atoms with E-state index in [0.29, 0.717) is 10.6 Å². The van der Waals surface area contributed by atoms with Gasteiger partial charge < -0.3 is 15.5 Å². The van der Waals surface area contributed by atoms with Crippen LogP contribution in [0.3, 0.4) is 0 Å². The van der Waals surface area contributed by atoms with E-state index in [4.69, 9.17) is 27.0 Å². The van der Waals surface area contributed by atoms with Crippen LogP contribution in [-0.4, -0.2) is 30.0 Å². The predicted octanol–water partition coefficient (Wildman–Crippen LogP) is 3.50. The number of esters is 1. The van der Waals surface area contributed by atoms with Crippen LogP contribution in [0.2, 0.25) is 5.02 Å². The maximum atomic E-state index is 12.3. The molecule has 0 saturated carbocycles. The molecule has 1 atom stereocenters. The van der Waals surface area contributed by atoms with Crippen LogP contribution >= 0.6 is 11.6 Å². The van der Waals surface area contributed by atoms with Crippen molar-refractivity contribution in [2.75, 3.05) is 11.9 Å². The number of anilines is 1. The fourth-order valence-corrected chi connectivity index (χ4v) is 2.40. The molecular weight excluding hydrogens is 382 g/mol. The van der Waals surface area contributed by atoms with Gasteiger partial charge in [-0.1, -0.05) is 23.7 Å². The molecule has 2 aromatic rings. The maximum absolute atomic E-state index is 12.3. The number of ether oxygens (including phenoxy) is 1. The van der Waals surface area contributed by atoms with Gasteiger partial charge in [-0.15, -0.1) is 0 Å². The van der Waals surface area contributed by atoms with Gasteiger partial charge in [0, 0.05) is 16.3 Å². The van der Waals surface area contributed by atoms with E-state index >= 15 is 0 Å². The Kier molecular flexibility index (Phi) is 7.02. The summed E-state index contributed by atoms with van der Waals surface area (Å²) in [6.07, 6.45) is 0. The Morgan fingerprint density at radius 1 is 1.18 bits per heavy atom. The first-order valence-corrected chi connectivity index (χ1v) is 8.51. The molecule has 0 saturated heterocycles. The molecule has 0 bridgehead atoms. The van der Waals surface area contributed by atoms with Crippen LogP contribution < -0.4 is 5.32 Å². The largest absolute Gasteiger partial charge is 0.454 e. The minimum absolute atomic E-state index is 0.0534. The molecule has 0 aliphatic heterocycles. The number of hydrogen-bond acceptors (Lipinski definition) is 6. The van der Waals surface area contributed by atoms with Gasteiger partial charge in [0.1, 0.15) is 5.92 Å². The second-order valence-corrected chi connectivity index (χ2v) is 6.23.